The number of carbonyl (C=O) groups excluding carboxylic acids is 1. The van der Waals surface area contributed by atoms with Gasteiger partial charge in [0.2, 0.25) is 0 Å². The van der Waals surface area contributed by atoms with E-state index in [1.807, 2.05) is 30.3 Å². The average molecular weight is 280 g/mol. The van der Waals surface area contributed by atoms with Gasteiger partial charge >= 0.3 is 0 Å². The highest BCUT2D eigenvalue weighted by atomic mass is 16.1. The second-order valence-electron chi connectivity index (χ2n) is 6.77. The van der Waals surface area contributed by atoms with E-state index < -0.39 is 0 Å². The first-order valence-corrected chi connectivity index (χ1v) is 7.56. The summed E-state index contributed by atoms with van der Waals surface area (Å²) in [6.07, 6.45) is 0.554. The van der Waals surface area contributed by atoms with Crippen molar-refractivity contribution >= 4 is 5.78 Å². The lowest BCUT2D eigenvalue weighted by molar-refractivity contribution is 0.0975. The molecule has 1 unspecified atom stereocenters. The van der Waals surface area contributed by atoms with Crippen molar-refractivity contribution in [1.29, 1.82) is 0 Å². The van der Waals surface area contributed by atoms with Crippen molar-refractivity contribution in [2.24, 2.45) is 0 Å². The van der Waals surface area contributed by atoms with Crippen molar-refractivity contribution in [3.63, 3.8) is 0 Å². The molecular weight excluding hydrogens is 256 g/mol. The summed E-state index contributed by atoms with van der Waals surface area (Å²) in [6.45, 7) is 8.76. The number of hydrogen-bond acceptors (Lipinski definition) is 1. The Bertz CT molecular complexity index is 588. The van der Waals surface area contributed by atoms with Crippen molar-refractivity contribution in [3.8, 4) is 0 Å². The second kappa shape index (κ2) is 6.26. The molecule has 0 aliphatic heterocycles. The Morgan fingerprint density at radius 2 is 1.52 bits per heavy atom. The summed E-state index contributed by atoms with van der Waals surface area (Å²) in [7, 11) is 0. The molecule has 0 N–H and O–H groups in total. The van der Waals surface area contributed by atoms with Crippen LogP contribution in [0.15, 0.2) is 54.6 Å². The van der Waals surface area contributed by atoms with E-state index in [-0.39, 0.29) is 17.1 Å². The van der Waals surface area contributed by atoms with E-state index in [0.717, 1.165) is 5.56 Å². The molecule has 2 rings (SSSR count). The summed E-state index contributed by atoms with van der Waals surface area (Å²) in [5.41, 5.74) is 3.53. The van der Waals surface area contributed by atoms with Crippen LogP contribution in [-0.4, -0.2) is 5.78 Å². The summed E-state index contributed by atoms with van der Waals surface area (Å²) < 4.78 is 0. The molecule has 0 amide bonds. The SMILES string of the molecule is CC(CC(=O)c1ccccc1)c1ccc(C(C)(C)C)cc1. The molecule has 21 heavy (non-hydrogen) atoms. The second-order valence-corrected chi connectivity index (χ2v) is 6.77. The molecule has 1 heteroatoms. The van der Waals surface area contributed by atoms with Crippen LogP contribution in [0.25, 0.3) is 0 Å². The Morgan fingerprint density at radius 1 is 0.952 bits per heavy atom. The zero-order chi connectivity index (χ0) is 15.5. The fourth-order valence-corrected chi connectivity index (χ4v) is 2.45. The quantitative estimate of drug-likeness (QED) is 0.689. The Labute approximate surface area is 128 Å². The molecule has 0 spiro atoms. The number of carbonyl (C=O) groups is 1. The molecule has 0 saturated carbocycles. The standard InChI is InChI=1S/C20H24O/c1-15(14-19(21)17-8-6-5-7-9-17)16-10-12-18(13-11-16)20(2,3)4/h5-13,15H,14H2,1-4H3. The third kappa shape index (κ3) is 4.04. The maximum absolute atomic E-state index is 12.3. The fraction of sp³-hybridized carbons (Fsp3) is 0.350. The van der Waals surface area contributed by atoms with Crippen LogP contribution < -0.4 is 0 Å². The Balaban J connectivity index is 2.07. The minimum absolute atomic E-state index is 0.168. The van der Waals surface area contributed by atoms with Crippen LogP contribution in [0.1, 0.15) is 61.5 Å². The molecule has 0 aliphatic rings. The van der Waals surface area contributed by atoms with Crippen molar-refractivity contribution in [2.45, 2.75) is 45.4 Å². The third-order valence-corrected chi connectivity index (χ3v) is 3.93. The van der Waals surface area contributed by atoms with E-state index in [0.29, 0.717) is 6.42 Å². The van der Waals surface area contributed by atoms with E-state index in [9.17, 15) is 4.79 Å². The smallest absolute Gasteiger partial charge is 0.163 e. The van der Waals surface area contributed by atoms with Gasteiger partial charge in [-0.2, -0.15) is 0 Å². The van der Waals surface area contributed by atoms with Gasteiger partial charge in [0, 0.05) is 12.0 Å². The summed E-state index contributed by atoms with van der Waals surface area (Å²) in [6, 6.07) is 18.2. The van der Waals surface area contributed by atoms with Gasteiger partial charge < -0.3 is 0 Å². The number of benzene rings is 2. The lowest BCUT2D eigenvalue weighted by atomic mass is 9.85. The molecule has 0 aliphatic carbocycles. The lowest BCUT2D eigenvalue weighted by Gasteiger charge is -2.20. The predicted octanol–water partition coefficient (Wildman–Crippen LogP) is 5.36. The lowest BCUT2D eigenvalue weighted by Crippen LogP contribution is -2.11. The highest BCUT2D eigenvalue weighted by Gasteiger charge is 2.16. The Kier molecular flexibility index (Phi) is 4.62. The predicted molar refractivity (Wildman–Crippen MR) is 88.9 cm³/mol. The molecule has 0 saturated heterocycles. The van der Waals surface area contributed by atoms with Gasteiger partial charge in [0.15, 0.2) is 5.78 Å². The highest BCUT2D eigenvalue weighted by molar-refractivity contribution is 5.96. The molecule has 110 valence electrons. The van der Waals surface area contributed by atoms with Crippen molar-refractivity contribution < 1.29 is 4.79 Å². The molecule has 0 bridgehead atoms. The van der Waals surface area contributed by atoms with Crippen LogP contribution >= 0.6 is 0 Å². The molecule has 1 nitrogen and oxygen atoms in total. The first-order chi connectivity index (χ1) is 9.88. The van der Waals surface area contributed by atoms with Crippen LogP contribution in [0.4, 0.5) is 0 Å². The highest BCUT2D eigenvalue weighted by Crippen LogP contribution is 2.26. The minimum atomic E-state index is 0.168. The summed E-state index contributed by atoms with van der Waals surface area (Å²) in [5, 5.41) is 0. The molecule has 0 radical (unpaired) electrons. The third-order valence-electron chi connectivity index (χ3n) is 3.93. The van der Waals surface area contributed by atoms with Gasteiger partial charge in [0.05, 0.1) is 0 Å². The Hall–Kier alpha value is -1.89. The maximum atomic E-state index is 12.3. The summed E-state index contributed by atoms with van der Waals surface area (Å²) >= 11 is 0. The molecule has 0 heterocycles. The van der Waals surface area contributed by atoms with Crippen molar-refractivity contribution in [3.05, 3.63) is 71.3 Å². The van der Waals surface area contributed by atoms with E-state index in [2.05, 4.69) is 52.0 Å². The zero-order valence-corrected chi connectivity index (χ0v) is 13.4. The van der Waals surface area contributed by atoms with E-state index in [4.69, 9.17) is 0 Å². The van der Waals surface area contributed by atoms with Crippen molar-refractivity contribution in [1.82, 2.24) is 0 Å². The molecular formula is C20H24O. The first-order valence-electron chi connectivity index (χ1n) is 7.56. The maximum Gasteiger partial charge on any atom is 0.163 e. The number of hydrogen-bond donors (Lipinski definition) is 0. The molecule has 2 aromatic rings. The molecule has 0 fully saturated rings. The Morgan fingerprint density at radius 3 is 2.05 bits per heavy atom. The van der Waals surface area contributed by atoms with Gasteiger partial charge in [-0.05, 0) is 22.5 Å². The molecule has 0 aromatic heterocycles. The summed E-state index contributed by atoms with van der Waals surface area (Å²) in [5.74, 6) is 0.453. The van der Waals surface area contributed by atoms with Gasteiger partial charge in [0.1, 0.15) is 0 Å². The number of ketones is 1. The number of Topliss-reactive ketones (excluding diaryl/α,β-unsaturated/α-hetero) is 1. The van der Waals surface area contributed by atoms with Gasteiger partial charge in [-0.1, -0.05) is 82.3 Å². The van der Waals surface area contributed by atoms with E-state index in [1.54, 1.807) is 0 Å². The van der Waals surface area contributed by atoms with E-state index in [1.165, 1.54) is 11.1 Å². The largest absolute Gasteiger partial charge is 0.294 e. The first kappa shape index (κ1) is 15.5. The molecule has 2 aromatic carbocycles. The topological polar surface area (TPSA) is 17.1 Å². The minimum Gasteiger partial charge on any atom is -0.294 e. The van der Waals surface area contributed by atoms with Gasteiger partial charge in [0.25, 0.3) is 0 Å². The van der Waals surface area contributed by atoms with Crippen LogP contribution in [0.3, 0.4) is 0 Å². The van der Waals surface area contributed by atoms with Crippen LogP contribution in [-0.2, 0) is 5.41 Å². The van der Waals surface area contributed by atoms with Crippen molar-refractivity contribution in [2.75, 3.05) is 0 Å². The molecule has 1 atom stereocenters. The van der Waals surface area contributed by atoms with Gasteiger partial charge in [-0.15, -0.1) is 0 Å². The van der Waals surface area contributed by atoms with Gasteiger partial charge in [-0.25, -0.2) is 0 Å². The van der Waals surface area contributed by atoms with Crippen LogP contribution in [0.2, 0.25) is 0 Å². The zero-order valence-electron chi connectivity index (χ0n) is 13.4. The summed E-state index contributed by atoms with van der Waals surface area (Å²) in [4.78, 5) is 12.3. The van der Waals surface area contributed by atoms with Crippen LogP contribution in [0, 0.1) is 0 Å². The van der Waals surface area contributed by atoms with Crippen LogP contribution in [0.5, 0.6) is 0 Å². The average Bonchev–Trinajstić information content (AvgIpc) is 2.47. The monoisotopic (exact) mass is 280 g/mol. The van der Waals surface area contributed by atoms with E-state index >= 15 is 0 Å². The normalized spacial score (nSPS) is 13.0. The van der Waals surface area contributed by atoms with Gasteiger partial charge in [-0.3, -0.25) is 4.79 Å². The number of rotatable bonds is 4. The fourth-order valence-electron chi connectivity index (χ4n) is 2.45.